The van der Waals surface area contributed by atoms with Crippen LogP contribution in [-0.2, 0) is 6.18 Å². The third-order valence-corrected chi connectivity index (χ3v) is 3.99. The molecular formula is C20H13F3N4. The molecule has 0 saturated heterocycles. The number of nitrogens with zero attached hydrogens (tertiary/aromatic N) is 3. The van der Waals surface area contributed by atoms with E-state index < -0.39 is 11.7 Å². The number of alkyl halides is 3. The lowest BCUT2D eigenvalue weighted by atomic mass is 10.1. The number of halogens is 3. The van der Waals surface area contributed by atoms with Crippen LogP contribution in [0, 0.1) is 0 Å². The molecule has 0 spiro atoms. The van der Waals surface area contributed by atoms with Gasteiger partial charge in [0.1, 0.15) is 5.82 Å². The van der Waals surface area contributed by atoms with Crippen LogP contribution in [-0.4, -0.2) is 15.0 Å². The first kappa shape index (κ1) is 17.0. The van der Waals surface area contributed by atoms with E-state index in [9.17, 15) is 13.2 Å². The molecule has 1 N–H and O–H groups in total. The van der Waals surface area contributed by atoms with Gasteiger partial charge in [0.25, 0.3) is 0 Å². The van der Waals surface area contributed by atoms with E-state index in [1.807, 2.05) is 24.3 Å². The molecule has 0 aliphatic heterocycles. The van der Waals surface area contributed by atoms with Gasteiger partial charge < -0.3 is 5.32 Å². The average molecular weight is 366 g/mol. The molecule has 0 fully saturated rings. The highest BCUT2D eigenvalue weighted by molar-refractivity contribution is 5.92. The molecule has 2 aromatic carbocycles. The summed E-state index contributed by atoms with van der Waals surface area (Å²) in [5, 5.41) is 3.72. The van der Waals surface area contributed by atoms with E-state index in [1.54, 1.807) is 30.6 Å². The van der Waals surface area contributed by atoms with Gasteiger partial charge in [-0.25, -0.2) is 9.97 Å². The van der Waals surface area contributed by atoms with Crippen LogP contribution >= 0.6 is 0 Å². The van der Waals surface area contributed by atoms with Crippen LogP contribution in [0.5, 0.6) is 0 Å². The van der Waals surface area contributed by atoms with Crippen molar-refractivity contribution in [1.29, 1.82) is 0 Å². The van der Waals surface area contributed by atoms with E-state index in [0.717, 1.165) is 17.7 Å². The fourth-order valence-electron chi connectivity index (χ4n) is 2.71. The normalized spacial score (nSPS) is 11.5. The van der Waals surface area contributed by atoms with Gasteiger partial charge in [-0.05, 0) is 42.5 Å². The molecule has 4 aromatic rings. The maximum Gasteiger partial charge on any atom is 0.416 e. The van der Waals surface area contributed by atoms with Crippen LogP contribution in [0.4, 0.5) is 24.7 Å². The molecule has 0 aliphatic carbocycles. The van der Waals surface area contributed by atoms with E-state index >= 15 is 0 Å². The first-order valence-corrected chi connectivity index (χ1v) is 8.12. The number of nitrogens with one attached hydrogen (secondary N) is 1. The molecule has 4 nitrogen and oxygen atoms in total. The molecule has 134 valence electrons. The third-order valence-electron chi connectivity index (χ3n) is 3.99. The average Bonchev–Trinajstić information content (AvgIpc) is 2.68. The van der Waals surface area contributed by atoms with Gasteiger partial charge in [0.05, 0.1) is 11.1 Å². The molecule has 0 aliphatic rings. The van der Waals surface area contributed by atoms with Crippen LogP contribution in [0.15, 0.2) is 73.1 Å². The van der Waals surface area contributed by atoms with Crippen LogP contribution in [0.1, 0.15) is 5.56 Å². The van der Waals surface area contributed by atoms with E-state index in [4.69, 9.17) is 0 Å². The third kappa shape index (κ3) is 3.57. The first-order valence-electron chi connectivity index (χ1n) is 8.12. The van der Waals surface area contributed by atoms with Crippen molar-refractivity contribution in [3.8, 4) is 11.4 Å². The molecule has 2 heterocycles. The fourth-order valence-corrected chi connectivity index (χ4v) is 2.71. The molecule has 0 amide bonds. The molecular weight excluding hydrogens is 353 g/mol. The van der Waals surface area contributed by atoms with Gasteiger partial charge in [-0.1, -0.05) is 18.2 Å². The minimum Gasteiger partial charge on any atom is -0.340 e. The molecule has 0 saturated carbocycles. The van der Waals surface area contributed by atoms with Crippen molar-refractivity contribution in [1.82, 2.24) is 15.0 Å². The summed E-state index contributed by atoms with van der Waals surface area (Å²) in [6.07, 6.45) is -1.14. The summed E-state index contributed by atoms with van der Waals surface area (Å²) in [4.78, 5) is 13.1. The summed E-state index contributed by atoms with van der Waals surface area (Å²) in [6.45, 7) is 0. The summed E-state index contributed by atoms with van der Waals surface area (Å²) in [5.74, 6) is 0.900. The SMILES string of the molecule is FC(F)(F)c1cccc(Nc2nc(-c3ccncc3)nc3ccccc23)c1. The Morgan fingerprint density at radius 1 is 0.815 bits per heavy atom. The molecule has 4 rings (SSSR count). The van der Waals surface area contributed by atoms with Crippen LogP contribution < -0.4 is 5.32 Å². The van der Waals surface area contributed by atoms with Crippen LogP contribution in [0.3, 0.4) is 0 Å². The number of rotatable bonds is 3. The Morgan fingerprint density at radius 2 is 1.59 bits per heavy atom. The number of pyridine rings is 1. The molecule has 7 heteroatoms. The predicted octanol–water partition coefficient (Wildman–Crippen LogP) is 5.45. The van der Waals surface area contributed by atoms with Gasteiger partial charge in [-0.3, -0.25) is 4.98 Å². The van der Waals surface area contributed by atoms with Crippen molar-refractivity contribution in [3.05, 3.63) is 78.6 Å². The van der Waals surface area contributed by atoms with Gasteiger partial charge in [-0.2, -0.15) is 13.2 Å². The van der Waals surface area contributed by atoms with Gasteiger partial charge in [0, 0.05) is 29.0 Å². The van der Waals surface area contributed by atoms with Gasteiger partial charge in [-0.15, -0.1) is 0 Å². The number of fused-ring (bicyclic) bond motifs is 1. The van der Waals surface area contributed by atoms with Gasteiger partial charge >= 0.3 is 6.18 Å². The minimum absolute atomic E-state index is 0.300. The maximum atomic E-state index is 13.0. The zero-order valence-corrected chi connectivity index (χ0v) is 13.9. The number of benzene rings is 2. The second kappa shape index (κ2) is 6.68. The van der Waals surface area contributed by atoms with Crippen molar-refractivity contribution >= 4 is 22.4 Å². The monoisotopic (exact) mass is 366 g/mol. The highest BCUT2D eigenvalue weighted by atomic mass is 19.4. The lowest BCUT2D eigenvalue weighted by Gasteiger charge is -2.13. The Balaban J connectivity index is 1.81. The Bertz CT molecular complexity index is 1100. The Hall–Kier alpha value is -3.48. The summed E-state index contributed by atoms with van der Waals surface area (Å²) >= 11 is 0. The van der Waals surface area contributed by atoms with Crippen molar-refractivity contribution < 1.29 is 13.2 Å². The van der Waals surface area contributed by atoms with Crippen LogP contribution in [0.2, 0.25) is 0 Å². The van der Waals surface area contributed by atoms with Crippen molar-refractivity contribution in [2.45, 2.75) is 6.18 Å². The standard InChI is InChI=1S/C20H13F3N4/c21-20(22,23)14-4-3-5-15(12-14)25-19-16-6-1-2-7-17(16)26-18(27-19)13-8-10-24-11-9-13/h1-12H,(H,25,26,27). The number of hydrogen-bond donors (Lipinski definition) is 1. The Labute approximate surface area is 152 Å². The lowest BCUT2D eigenvalue weighted by Crippen LogP contribution is -2.05. The topological polar surface area (TPSA) is 50.7 Å². The number of anilines is 2. The molecule has 27 heavy (non-hydrogen) atoms. The number of hydrogen-bond acceptors (Lipinski definition) is 4. The molecule has 0 atom stereocenters. The minimum atomic E-state index is -4.41. The van der Waals surface area contributed by atoms with E-state index in [1.165, 1.54) is 6.07 Å². The number of para-hydroxylation sites is 1. The molecule has 0 unspecified atom stereocenters. The quantitative estimate of drug-likeness (QED) is 0.523. The summed E-state index contributed by atoms with van der Waals surface area (Å²) < 4.78 is 39.0. The van der Waals surface area contributed by atoms with Gasteiger partial charge in [0.2, 0.25) is 0 Å². The van der Waals surface area contributed by atoms with E-state index in [2.05, 4.69) is 20.3 Å². The van der Waals surface area contributed by atoms with E-state index in [-0.39, 0.29) is 0 Å². The summed E-state index contributed by atoms with van der Waals surface area (Å²) in [6, 6.07) is 15.9. The maximum absolute atomic E-state index is 13.0. The Kier molecular flexibility index (Phi) is 4.19. The molecule has 0 radical (unpaired) electrons. The fraction of sp³-hybridized carbons (Fsp3) is 0.0500. The molecule has 2 aromatic heterocycles. The molecule has 0 bridgehead atoms. The second-order valence-electron chi connectivity index (χ2n) is 5.85. The predicted molar refractivity (Wildman–Crippen MR) is 97.5 cm³/mol. The second-order valence-corrected chi connectivity index (χ2v) is 5.85. The largest absolute Gasteiger partial charge is 0.416 e. The highest BCUT2D eigenvalue weighted by Crippen LogP contribution is 2.32. The van der Waals surface area contributed by atoms with Crippen molar-refractivity contribution in [2.24, 2.45) is 0 Å². The van der Waals surface area contributed by atoms with Gasteiger partial charge in [0.15, 0.2) is 5.82 Å². The number of aromatic nitrogens is 3. The summed E-state index contributed by atoms with van der Waals surface area (Å²) in [7, 11) is 0. The Morgan fingerprint density at radius 3 is 2.37 bits per heavy atom. The first-order chi connectivity index (χ1) is 13.0. The zero-order valence-electron chi connectivity index (χ0n) is 13.9. The highest BCUT2D eigenvalue weighted by Gasteiger charge is 2.30. The smallest absolute Gasteiger partial charge is 0.340 e. The zero-order chi connectivity index (χ0) is 18.9. The van der Waals surface area contributed by atoms with Crippen LogP contribution in [0.25, 0.3) is 22.3 Å². The van der Waals surface area contributed by atoms with E-state index in [0.29, 0.717) is 28.2 Å². The lowest BCUT2D eigenvalue weighted by molar-refractivity contribution is -0.137. The van der Waals surface area contributed by atoms with Crippen molar-refractivity contribution in [2.75, 3.05) is 5.32 Å². The summed E-state index contributed by atoms with van der Waals surface area (Å²) in [5.41, 5.74) is 1.03. The van der Waals surface area contributed by atoms with Crippen molar-refractivity contribution in [3.63, 3.8) is 0 Å².